The van der Waals surface area contributed by atoms with E-state index in [-0.39, 0.29) is 0 Å². The van der Waals surface area contributed by atoms with Gasteiger partial charge in [-0.25, -0.2) is 4.98 Å². The number of hydrogen-bond acceptors (Lipinski definition) is 4. The number of anilines is 1. The van der Waals surface area contributed by atoms with Crippen LogP contribution < -0.4 is 15.2 Å². The van der Waals surface area contributed by atoms with Crippen LogP contribution in [0, 0.1) is 6.92 Å². The first-order valence-electron chi connectivity index (χ1n) is 5.23. The zero-order valence-corrected chi connectivity index (χ0v) is 9.81. The third-order valence-corrected chi connectivity index (χ3v) is 2.29. The van der Waals surface area contributed by atoms with Crippen LogP contribution in [0.25, 0.3) is 0 Å². The SMILES string of the molecule is COc1ccccc1Oc1ncc(C)cc1N. The Kier molecular flexibility index (Phi) is 3.14. The lowest BCUT2D eigenvalue weighted by Crippen LogP contribution is -1.97. The maximum absolute atomic E-state index is 5.83. The van der Waals surface area contributed by atoms with Gasteiger partial charge in [0.2, 0.25) is 5.88 Å². The molecule has 0 aliphatic heterocycles. The molecule has 0 fully saturated rings. The van der Waals surface area contributed by atoms with Crippen LogP contribution in [0.1, 0.15) is 5.56 Å². The van der Waals surface area contributed by atoms with Crippen LogP contribution in [0.4, 0.5) is 5.69 Å². The van der Waals surface area contributed by atoms with Crippen molar-refractivity contribution in [1.82, 2.24) is 4.98 Å². The van der Waals surface area contributed by atoms with Crippen LogP contribution in [0.5, 0.6) is 17.4 Å². The van der Waals surface area contributed by atoms with Gasteiger partial charge >= 0.3 is 0 Å². The number of benzene rings is 1. The monoisotopic (exact) mass is 230 g/mol. The second-order valence-electron chi connectivity index (χ2n) is 3.66. The van der Waals surface area contributed by atoms with Crippen LogP contribution in [0.2, 0.25) is 0 Å². The largest absolute Gasteiger partial charge is 0.493 e. The predicted octanol–water partition coefficient (Wildman–Crippen LogP) is 2.77. The van der Waals surface area contributed by atoms with Gasteiger partial charge in [-0.3, -0.25) is 0 Å². The number of para-hydroxylation sites is 2. The third kappa shape index (κ3) is 2.47. The van der Waals surface area contributed by atoms with Gasteiger partial charge in [0.15, 0.2) is 11.5 Å². The molecular weight excluding hydrogens is 216 g/mol. The zero-order chi connectivity index (χ0) is 12.3. The van der Waals surface area contributed by atoms with Gasteiger partial charge in [0.25, 0.3) is 0 Å². The minimum Gasteiger partial charge on any atom is -0.493 e. The molecule has 0 saturated heterocycles. The van der Waals surface area contributed by atoms with E-state index >= 15 is 0 Å². The van der Waals surface area contributed by atoms with E-state index < -0.39 is 0 Å². The van der Waals surface area contributed by atoms with Crippen molar-refractivity contribution in [3.05, 3.63) is 42.1 Å². The fraction of sp³-hybridized carbons (Fsp3) is 0.154. The molecule has 88 valence electrons. The molecule has 1 heterocycles. The smallest absolute Gasteiger partial charge is 0.242 e. The Morgan fingerprint density at radius 3 is 2.53 bits per heavy atom. The van der Waals surface area contributed by atoms with Gasteiger partial charge in [-0.15, -0.1) is 0 Å². The highest BCUT2D eigenvalue weighted by molar-refractivity contribution is 5.52. The van der Waals surface area contributed by atoms with Crippen molar-refractivity contribution < 1.29 is 9.47 Å². The van der Waals surface area contributed by atoms with E-state index in [0.29, 0.717) is 23.1 Å². The minimum atomic E-state index is 0.389. The fourth-order valence-corrected chi connectivity index (χ4v) is 1.47. The first-order chi connectivity index (χ1) is 8.20. The lowest BCUT2D eigenvalue weighted by atomic mass is 10.3. The Hall–Kier alpha value is -2.23. The van der Waals surface area contributed by atoms with Crippen LogP contribution >= 0.6 is 0 Å². The number of hydrogen-bond donors (Lipinski definition) is 1. The number of ether oxygens (including phenoxy) is 2. The molecule has 0 atom stereocenters. The van der Waals surface area contributed by atoms with Gasteiger partial charge in [-0.1, -0.05) is 12.1 Å². The van der Waals surface area contributed by atoms with E-state index in [9.17, 15) is 0 Å². The van der Waals surface area contributed by atoms with Gasteiger partial charge < -0.3 is 15.2 Å². The van der Waals surface area contributed by atoms with Crippen LogP contribution in [-0.4, -0.2) is 12.1 Å². The van der Waals surface area contributed by atoms with Crippen molar-refractivity contribution in [2.45, 2.75) is 6.92 Å². The van der Waals surface area contributed by atoms with Crippen molar-refractivity contribution in [2.75, 3.05) is 12.8 Å². The van der Waals surface area contributed by atoms with E-state index in [0.717, 1.165) is 5.56 Å². The standard InChI is InChI=1S/C13H14N2O2/c1-9-7-10(14)13(15-8-9)17-12-6-4-3-5-11(12)16-2/h3-8H,14H2,1-2H3. The van der Waals surface area contributed by atoms with Crippen molar-refractivity contribution in [1.29, 1.82) is 0 Å². The molecule has 0 amide bonds. The Labute approximate surface area is 100 Å². The molecule has 2 N–H and O–H groups in total. The number of nitrogens with two attached hydrogens (primary N) is 1. The molecule has 1 aromatic carbocycles. The predicted molar refractivity (Wildman–Crippen MR) is 66.5 cm³/mol. The molecule has 0 aliphatic carbocycles. The van der Waals surface area contributed by atoms with Crippen LogP contribution in [-0.2, 0) is 0 Å². The number of nitrogens with zero attached hydrogens (tertiary/aromatic N) is 1. The lowest BCUT2D eigenvalue weighted by Gasteiger charge is -2.10. The zero-order valence-electron chi connectivity index (χ0n) is 9.81. The second-order valence-corrected chi connectivity index (χ2v) is 3.66. The van der Waals surface area contributed by atoms with E-state index in [2.05, 4.69) is 4.98 Å². The Bertz CT molecular complexity index is 527. The molecular formula is C13H14N2O2. The van der Waals surface area contributed by atoms with Crippen LogP contribution in [0.15, 0.2) is 36.5 Å². The van der Waals surface area contributed by atoms with Gasteiger partial charge in [-0.05, 0) is 30.7 Å². The molecule has 4 heteroatoms. The molecule has 2 aromatic rings. The molecule has 0 bridgehead atoms. The highest BCUT2D eigenvalue weighted by atomic mass is 16.5. The molecule has 0 radical (unpaired) electrons. The van der Waals surface area contributed by atoms with E-state index in [1.54, 1.807) is 19.4 Å². The lowest BCUT2D eigenvalue weighted by molar-refractivity contribution is 0.375. The molecule has 17 heavy (non-hydrogen) atoms. The first-order valence-corrected chi connectivity index (χ1v) is 5.23. The fourth-order valence-electron chi connectivity index (χ4n) is 1.47. The van der Waals surface area contributed by atoms with Gasteiger partial charge in [0.1, 0.15) is 0 Å². The summed E-state index contributed by atoms with van der Waals surface area (Å²) < 4.78 is 10.8. The maximum Gasteiger partial charge on any atom is 0.242 e. The van der Waals surface area contributed by atoms with Crippen LogP contribution in [0.3, 0.4) is 0 Å². The third-order valence-electron chi connectivity index (χ3n) is 2.29. The highest BCUT2D eigenvalue weighted by Gasteiger charge is 2.08. The Morgan fingerprint density at radius 2 is 1.88 bits per heavy atom. The average molecular weight is 230 g/mol. The van der Waals surface area contributed by atoms with E-state index in [1.807, 2.05) is 31.2 Å². The molecule has 0 spiro atoms. The maximum atomic E-state index is 5.83. The van der Waals surface area contributed by atoms with Crippen molar-refractivity contribution in [2.24, 2.45) is 0 Å². The Morgan fingerprint density at radius 1 is 1.18 bits per heavy atom. The van der Waals surface area contributed by atoms with Crippen molar-refractivity contribution in [3.8, 4) is 17.4 Å². The number of pyridine rings is 1. The summed E-state index contributed by atoms with van der Waals surface area (Å²) in [7, 11) is 1.59. The number of nitrogen functional groups attached to an aromatic ring is 1. The summed E-state index contributed by atoms with van der Waals surface area (Å²) in [6.45, 7) is 1.93. The van der Waals surface area contributed by atoms with E-state index in [1.165, 1.54) is 0 Å². The summed E-state index contributed by atoms with van der Waals surface area (Å²) in [5, 5.41) is 0. The molecule has 4 nitrogen and oxygen atoms in total. The first kappa shape index (κ1) is 11.3. The average Bonchev–Trinajstić information content (AvgIpc) is 2.33. The Balaban J connectivity index is 2.31. The van der Waals surface area contributed by atoms with Crippen molar-refractivity contribution >= 4 is 5.69 Å². The van der Waals surface area contributed by atoms with Gasteiger partial charge in [0.05, 0.1) is 12.8 Å². The van der Waals surface area contributed by atoms with E-state index in [4.69, 9.17) is 15.2 Å². The summed E-state index contributed by atoms with van der Waals surface area (Å²) in [4.78, 5) is 4.15. The number of rotatable bonds is 3. The molecule has 2 rings (SSSR count). The summed E-state index contributed by atoms with van der Waals surface area (Å²) >= 11 is 0. The number of aryl methyl sites for hydroxylation is 1. The summed E-state index contributed by atoms with van der Waals surface area (Å²) in [5.74, 6) is 1.63. The minimum absolute atomic E-state index is 0.389. The summed E-state index contributed by atoms with van der Waals surface area (Å²) in [6.07, 6.45) is 1.71. The second kappa shape index (κ2) is 4.74. The molecule has 0 saturated carbocycles. The molecule has 0 aliphatic rings. The quantitative estimate of drug-likeness (QED) is 0.880. The summed E-state index contributed by atoms with van der Waals surface area (Å²) in [6, 6.07) is 9.18. The molecule has 1 aromatic heterocycles. The highest BCUT2D eigenvalue weighted by Crippen LogP contribution is 2.32. The normalized spacial score (nSPS) is 10.0. The summed E-state index contributed by atoms with van der Waals surface area (Å²) in [5.41, 5.74) is 7.34. The van der Waals surface area contributed by atoms with Gasteiger partial charge in [0, 0.05) is 6.20 Å². The van der Waals surface area contributed by atoms with Gasteiger partial charge in [-0.2, -0.15) is 0 Å². The topological polar surface area (TPSA) is 57.4 Å². The molecule has 0 unspecified atom stereocenters. The number of methoxy groups -OCH3 is 1. The number of aromatic nitrogens is 1. The van der Waals surface area contributed by atoms with Crippen molar-refractivity contribution in [3.63, 3.8) is 0 Å².